The van der Waals surface area contributed by atoms with Gasteiger partial charge in [0.2, 0.25) is 0 Å². The highest BCUT2D eigenvalue weighted by molar-refractivity contribution is 9.10. The zero-order chi connectivity index (χ0) is 15.0. The maximum atomic E-state index is 3.58. The summed E-state index contributed by atoms with van der Waals surface area (Å²) in [6, 6.07) is 13.5. The predicted molar refractivity (Wildman–Crippen MR) is 98.0 cm³/mol. The Hall–Kier alpha value is -0.840. The molecule has 4 heteroatoms. The molecule has 0 unspecified atom stereocenters. The van der Waals surface area contributed by atoms with Gasteiger partial charge in [-0.05, 0) is 36.4 Å². The van der Waals surface area contributed by atoms with E-state index in [2.05, 4.69) is 92.0 Å². The summed E-state index contributed by atoms with van der Waals surface area (Å²) in [7, 11) is 0. The van der Waals surface area contributed by atoms with Crippen molar-refractivity contribution < 1.29 is 0 Å². The van der Waals surface area contributed by atoms with E-state index in [1.165, 1.54) is 21.8 Å². The smallest absolute Gasteiger partial charge is 0.0492 e. The second kappa shape index (κ2) is 6.11. The second-order valence-electron chi connectivity index (χ2n) is 5.58. The van der Waals surface area contributed by atoms with Crippen molar-refractivity contribution in [1.29, 1.82) is 0 Å². The molecule has 3 aromatic rings. The average Bonchev–Trinajstić information content (AvgIpc) is 2.72. The van der Waals surface area contributed by atoms with Crippen LogP contribution in [0, 0.1) is 0 Å². The lowest BCUT2D eigenvalue weighted by Gasteiger charge is -2.11. The van der Waals surface area contributed by atoms with Crippen LogP contribution in [0.5, 0.6) is 0 Å². The van der Waals surface area contributed by atoms with E-state index >= 15 is 0 Å². The molecule has 1 aromatic heterocycles. The van der Waals surface area contributed by atoms with E-state index < -0.39 is 0 Å². The van der Waals surface area contributed by atoms with Crippen LogP contribution >= 0.6 is 31.9 Å². The van der Waals surface area contributed by atoms with Gasteiger partial charge in [-0.1, -0.05) is 45.7 Å². The van der Waals surface area contributed by atoms with Crippen molar-refractivity contribution in [2.24, 2.45) is 0 Å². The quantitative estimate of drug-likeness (QED) is 0.617. The number of aromatic nitrogens is 1. The van der Waals surface area contributed by atoms with Gasteiger partial charge in [-0.15, -0.1) is 0 Å². The van der Waals surface area contributed by atoms with Crippen LogP contribution in [0.4, 0.5) is 0 Å². The number of fused-ring (bicyclic) bond motifs is 3. The predicted octanol–water partition coefficient (Wildman–Crippen LogP) is 5.32. The summed E-state index contributed by atoms with van der Waals surface area (Å²) in [5.74, 6) is 0. The van der Waals surface area contributed by atoms with Crippen LogP contribution in [-0.4, -0.2) is 17.2 Å². The highest BCUT2D eigenvalue weighted by Crippen LogP contribution is 2.32. The lowest BCUT2D eigenvalue weighted by Crippen LogP contribution is -2.26. The standard InChI is InChI=1S/C17H18Br2N2/c1-11(2)20-7-8-21-16-5-3-12(18)9-14(16)15-10-13(19)4-6-17(15)21/h3-6,9-11,20H,7-8H2,1-2H3. The van der Waals surface area contributed by atoms with Crippen molar-refractivity contribution in [1.82, 2.24) is 9.88 Å². The number of benzene rings is 2. The molecule has 2 aromatic carbocycles. The van der Waals surface area contributed by atoms with Crippen molar-refractivity contribution in [3.05, 3.63) is 45.3 Å². The molecule has 1 N–H and O–H groups in total. The molecule has 0 aliphatic heterocycles. The number of hydrogen-bond acceptors (Lipinski definition) is 1. The lowest BCUT2D eigenvalue weighted by atomic mass is 10.2. The fraction of sp³-hybridized carbons (Fsp3) is 0.294. The monoisotopic (exact) mass is 408 g/mol. The van der Waals surface area contributed by atoms with Crippen LogP contribution in [0.1, 0.15) is 13.8 Å². The Morgan fingerprint density at radius 1 is 0.952 bits per heavy atom. The Kier molecular flexibility index (Phi) is 4.38. The molecule has 0 aliphatic rings. The van der Waals surface area contributed by atoms with Crippen LogP contribution in [0.15, 0.2) is 45.3 Å². The Morgan fingerprint density at radius 3 is 1.95 bits per heavy atom. The summed E-state index contributed by atoms with van der Waals surface area (Å²) in [5.41, 5.74) is 2.58. The van der Waals surface area contributed by atoms with Crippen LogP contribution in [0.2, 0.25) is 0 Å². The second-order valence-corrected chi connectivity index (χ2v) is 7.41. The molecule has 0 aliphatic carbocycles. The van der Waals surface area contributed by atoms with Crippen LogP contribution < -0.4 is 5.32 Å². The highest BCUT2D eigenvalue weighted by atomic mass is 79.9. The molecule has 0 spiro atoms. The molecule has 0 bridgehead atoms. The van der Waals surface area contributed by atoms with Crippen molar-refractivity contribution in [2.75, 3.05) is 6.54 Å². The van der Waals surface area contributed by atoms with Crippen LogP contribution in [-0.2, 0) is 6.54 Å². The van der Waals surface area contributed by atoms with Crippen LogP contribution in [0.3, 0.4) is 0 Å². The lowest BCUT2D eigenvalue weighted by molar-refractivity contribution is 0.553. The number of nitrogens with one attached hydrogen (secondary N) is 1. The fourth-order valence-corrected chi connectivity index (χ4v) is 3.48. The topological polar surface area (TPSA) is 17.0 Å². The van der Waals surface area contributed by atoms with Gasteiger partial charge in [-0.3, -0.25) is 0 Å². The molecule has 1 heterocycles. The Bertz CT molecular complexity index is 731. The van der Waals surface area contributed by atoms with Gasteiger partial charge >= 0.3 is 0 Å². The number of halogens is 2. The normalized spacial score (nSPS) is 11.9. The summed E-state index contributed by atoms with van der Waals surface area (Å²) in [6.07, 6.45) is 0. The van der Waals surface area contributed by atoms with Crippen molar-refractivity contribution in [3.63, 3.8) is 0 Å². The third-order valence-electron chi connectivity index (χ3n) is 3.68. The van der Waals surface area contributed by atoms with Crippen molar-refractivity contribution in [3.8, 4) is 0 Å². The molecule has 110 valence electrons. The van der Waals surface area contributed by atoms with Gasteiger partial charge in [0, 0.05) is 49.9 Å². The van der Waals surface area contributed by atoms with Gasteiger partial charge in [-0.2, -0.15) is 0 Å². The molecule has 2 nitrogen and oxygen atoms in total. The molecule has 0 radical (unpaired) electrons. The number of hydrogen-bond donors (Lipinski definition) is 1. The first-order chi connectivity index (χ1) is 10.1. The molecular weight excluding hydrogens is 392 g/mol. The molecule has 0 saturated carbocycles. The minimum Gasteiger partial charge on any atom is -0.339 e. The summed E-state index contributed by atoms with van der Waals surface area (Å²) >= 11 is 7.17. The zero-order valence-corrected chi connectivity index (χ0v) is 15.3. The van der Waals surface area contributed by atoms with E-state index in [4.69, 9.17) is 0 Å². The van der Waals surface area contributed by atoms with E-state index in [0.29, 0.717) is 6.04 Å². The highest BCUT2D eigenvalue weighted by Gasteiger charge is 2.11. The molecule has 0 atom stereocenters. The summed E-state index contributed by atoms with van der Waals surface area (Å²) < 4.78 is 4.64. The minimum atomic E-state index is 0.515. The van der Waals surface area contributed by atoms with Gasteiger partial charge in [0.15, 0.2) is 0 Å². The number of rotatable bonds is 4. The number of nitrogens with zero attached hydrogens (tertiary/aromatic N) is 1. The van der Waals surface area contributed by atoms with E-state index in [1.54, 1.807) is 0 Å². The van der Waals surface area contributed by atoms with Gasteiger partial charge in [0.1, 0.15) is 0 Å². The van der Waals surface area contributed by atoms with E-state index in [0.717, 1.165) is 22.0 Å². The average molecular weight is 410 g/mol. The van der Waals surface area contributed by atoms with Crippen molar-refractivity contribution in [2.45, 2.75) is 26.4 Å². The van der Waals surface area contributed by atoms with E-state index in [1.807, 2.05) is 0 Å². The maximum absolute atomic E-state index is 3.58. The third-order valence-corrected chi connectivity index (χ3v) is 4.66. The molecular formula is C17H18Br2N2. The zero-order valence-electron chi connectivity index (χ0n) is 12.2. The minimum absolute atomic E-state index is 0.515. The third kappa shape index (κ3) is 3.03. The Balaban J connectivity index is 2.15. The first kappa shape index (κ1) is 15.1. The first-order valence-corrected chi connectivity index (χ1v) is 8.75. The largest absolute Gasteiger partial charge is 0.339 e. The van der Waals surface area contributed by atoms with Gasteiger partial charge in [0.25, 0.3) is 0 Å². The van der Waals surface area contributed by atoms with Gasteiger partial charge in [-0.25, -0.2) is 0 Å². The molecule has 0 saturated heterocycles. The Labute approximate surface area is 141 Å². The van der Waals surface area contributed by atoms with Gasteiger partial charge < -0.3 is 9.88 Å². The molecule has 21 heavy (non-hydrogen) atoms. The van der Waals surface area contributed by atoms with Crippen LogP contribution in [0.25, 0.3) is 21.8 Å². The Morgan fingerprint density at radius 2 is 1.48 bits per heavy atom. The van der Waals surface area contributed by atoms with Crippen molar-refractivity contribution >= 4 is 53.7 Å². The molecule has 3 rings (SSSR count). The maximum Gasteiger partial charge on any atom is 0.0492 e. The SMILES string of the molecule is CC(C)NCCn1c2ccc(Br)cc2c2cc(Br)ccc21. The fourth-order valence-electron chi connectivity index (χ4n) is 2.75. The van der Waals surface area contributed by atoms with E-state index in [-0.39, 0.29) is 0 Å². The summed E-state index contributed by atoms with van der Waals surface area (Å²) in [4.78, 5) is 0. The summed E-state index contributed by atoms with van der Waals surface area (Å²) in [6.45, 7) is 6.31. The molecule has 0 fully saturated rings. The molecule has 0 amide bonds. The first-order valence-electron chi connectivity index (χ1n) is 7.16. The summed E-state index contributed by atoms with van der Waals surface area (Å²) in [5, 5.41) is 6.09. The van der Waals surface area contributed by atoms with Gasteiger partial charge in [0.05, 0.1) is 0 Å². The van der Waals surface area contributed by atoms with E-state index in [9.17, 15) is 0 Å².